The van der Waals surface area contributed by atoms with Crippen molar-refractivity contribution >= 4 is 5.82 Å². The number of hydrogen-bond acceptors (Lipinski definition) is 3. The van der Waals surface area contributed by atoms with Crippen LogP contribution in [-0.2, 0) is 6.42 Å². The van der Waals surface area contributed by atoms with Crippen LogP contribution in [0.25, 0.3) is 0 Å². The molecule has 0 aliphatic heterocycles. The van der Waals surface area contributed by atoms with E-state index in [1.165, 1.54) is 0 Å². The Morgan fingerprint density at radius 2 is 2.00 bits per heavy atom. The Kier molecular flexibility index (Phi) is 5.23. The lowest BCUT2D eigenvalue weighted by Crippen LogP contribution is -2.17. The van der Waals surface area contributed by atoms with Crippen LogP contribution in [0, 0.1) is 11.8 Å². The van der Waals surface area contributed by atoms with Crippen molar-refractivity contribution < 1.29 is 0 Å². The summed E-state index contributed by atoms with van der Waals surface area (Å²) in [7, 11) is 0. The predicted octanol–water partition coefficient (Wildman–Crippen LogP) is 3.13. The van der Waals surface area contributed by atoms with Crippen molar-refractivity contribution in [2.75, 3.05) is 11.9 Å². The van der Waals surface area contributed by atoms with Crippen molar-refractivity contribution in [1.82, 2.24) is 9.97 Å². The van der Waals surface area contributed by atoms with Gasteiger partial charge in [0.1, 0.15) is 12.1 Å². The maximum absolute atomic E-state index is 4.24. The monoisotopic (exact) mass is 221 g/mol. The molecule has 1 aromatic rings. The summed E-state index contributed by atoms with van der Waals surface area (Å²) in [5, 5.41) is 3.37. The molecule has 1 rings (SSSR count). The van der Waals surface area contributed by atoms with Gasteiger partial charge in [0, 0.05) is 18.3 Å². The minimum absolute atomic E-state index is 0.657. The van der Waals surface area contributed by atoms with Crippen molar-refractivity contribution in [2.45, 2.75) is 40.5 Å². The summed E-state index contributed by atoms with van der Waals surface area (Å²) in [5.41, 5.74) is 1.12. The molecule has 0 spiro atoms. The molecule has 3 heteroatoms. The van der Waals surface area contributed by atoms with Crippen LogP contribution < -0.4 is 5.32 Å². The summed E-state index contributed by atoms with van der Waals surface area (Å²) in [4.78, 5) is 8.47. The lowest BCUT2D eigenvalue weighted by Gasteiger charge is -2.16. The third kappa shape index (κ3) is 4.17. The molecule has 0 saturated heterocycles. The molecule has 0 aromatic carbocycles. The summed E-state index contributed by atoms with van der Waals surface area (Å²) < 4.78 is 0. The second-order valence-corrected chi connectivity index (χ2v) is 4.75. The standard InChI is InChI=1S/C13H23N3/c1-5-6-12-7-13(16-9-15-12)14-8-11(4)10(2)3/h7,9-11H,5-6,8H2,1-4H3,(H,14,15,16). The Morgan fingerprint density at radius 3 is 2.62 bits per heavy atom. The van der Waals surface area contributed by atoms with Gasteiger partial charge in [0.15, 0.2) is 0 Å². The lowest BCUT2D eigenvalue weighted by molar-refractivity contribution is 0.439. The molecule has 1 unspecified atom stereocenters. The van der Waals surface area contributed by atoms with Crippen LogP contribution in [0.15, 0.2) is 12.4 Å². The number of anilines is 1. The first-order valence-corrected chi connectivity index (χ1v) is 6.18. The Hall–Kier alpha value is -1.12. The highest BCUT2D eigenvalue weighted by molar-refractivity contribution is 5.34. The smallest absolute Gasteiger partial charge is 0.129 e. The SMILES string of the molecule is CCCc1cc(NCC(C)C(C)C)ncn1. The molecule has 16 heavy (non-hydrogen) atoms. The molecule has 0 aliphatic rings. The Morgan fingerprint density at radius 1 is 1.25 bits per heavy atom. The average Bonchev–Trinajstić information content (AvgIpc) is 2.26. The minimum Gasteiger partial charge on any atom is -0.370 e. The maximum Gasteiger partial charge on any atom is 0.129 e. The largest absolute Gasteiger partial charge is 0.370 e. The fourth-order valence-electron chi connectivity index (χ4n) is 1.39. The molecule has 1 aromatic heterocycles. The number of rotatable bonds is 6. The van der Waals surface area contributed by atoms with Crippen LogP contribution >= 0.6 is 0 Å². The van der Waals surface area contributed by atoms with E-state index in [2.05, 4.69) is 49.0 Å². The van der Waals surface area contributed by atoms with E-state index in [-0.39, 0.29) is 0 Å². The highest BCUT2D eigenvalue weighted by Crippen LogP contribution is 2.11. The number of nitrogens with one attached hydrogen (secondary N) is 1. The first kappa shape index (κ1) is 12.9. The summed E-state index contributed by atoms with van der Waals surface area (Å²) in [5.74, 6) is 2.31. The quantitative estimate of drug-likeness (QED) is 0.802. The van der Waals surface area contributed by atoms with Crippen molar-refractivity contribution in [3.63, 3.8) is 0 Å². The molecule has 0 saturated carbocycles. The van der Waals surface area contributed by atoms with E-state index >= 15 is 0 Å². The van der Waals surface area contributed by atoms with Gasteiger partial charge >= 0.3 is 0 Å². The summed E-state index contributed by atoms with van der Waals surface area (Å²) in [6.45, 7) is 9.88. The minimum atomic E-state index is 0.657. The van der Waals surface area contributed by atoms with Crippen LogP contribution in [0.1, 0.15) is 39.8 Å². The van der Waals surface area contributed by atoms with Gasteiger partial charge in [-0.05, 0) is 18.3 Å². The van der Waals surface area contributed by atoms with E-state index in [4.69, 9.17) is 0 Å². The predicted molar refractivity (Wildman–Crippen MR) is 68.5 cm³/mol. The molecule has 0 bridgehead atoms. The zero-order valence-electron chi connectivity index (χ0n) is 10.8. The highest BCUT2D eigenvalue weighted by Gasteiger charge is 2.07. The van der Waals surface area contributed by atoms with Crippen molar-refractivity contribution in [3.8, 4) is 0 Å². The molecule has 1 atom stereocenters. The third-order valence-corrected chi connectivity index (χ3v) is 2.97. The second-order valence-electron chi connectivity index (χ2n) is 4.75. The van der Waals surface area contributed by atoms with Crippen LogP contribution in [0.4, 0.5) is 5.82 Å². The van der Waals surface area contributed by atoms with Gasteiger partial charge in [-0.2, -0.15) is 0 Å². The zero-order chi connectivity index (χ0) is 12.0. The molecular weight excluding hydrogens is 198 g/mol. The third-order valence-electron chi connectivity index (χ3n) is 2.97. The Labute approximate surface area is 98.7 Å². The fraction of sp³-hybridized carbons (Fsp3) is 0.692. The van der Waals surface area contributed by atoms with Crippen molar-refractivity contribution in [2.24, 2.45) is 11.8 Å². The summed E-state index contributed by atoms with van der Waals surface area (Å²) in [6, 6.07) is 2.05. The summed E-state index contributed by atoms with van der Waals surface area (Å²) in [6.07, 6.45) is 3.79. The van der Waals surface area contributed by atoms with E-state index < -0.39 is 0 Å². The van der Waals surface area contributed by atoms with Gasteiger partial charge in [-0.1, -0.05) is 34.1 Å². The first-order chi connectivity index (χ1) is 7.63. The van der Waals surface area contributed by atoms with E-state index in [0.717, 1.165) is 30.9 Å². The van der Waals surface area contributed by atoms with Gasteiger partial charge in [-0.15, -0.1) is 0 Å². The van der Waals surface area contributed by atoms with E-state index in [9.17, 15) is 0 Å². The van der Waals surface area contributed by atoms with Gasteiger partial charge < -0.3 is 5.32 Å². The van der Waals surface area contributed by atoms with E-state index in [0.29, 0.717) is 11.8 Å². The van der Waals surface area contributed by atoms with Crippen molar-refractivity contribution in [3.05, 3.63) is 18.1 Å². The van der Waals surface area contributed by atoms with Crippen molar-refractivity contribution in [1.29, 1.82) is 0 Å². The van der Waals surface area contributed by atoms with E-state index in [1.54, 1.807) is 6.33 Å². The highest BCUT2D eigenvalue weighted by atomic mass is 15.0. The summed E-state index contributed by atoms with van der Waals surface area (Å²) >= 11 is 0. The lowest BCUT2D eigenvalue weighted by atomic mass is 9.98. The maximum atomic E-state index is 4.24. The topological polar surface area (TPSA) is 37.8 Å². The van der Waals surface area contributed by atoms with Crippen LogP contribution in [-0.4, -0.2) is 16.5 Å². The van der Waals surface area contributed by atoms with Crippen LogP contribution in [0.5, 0.6) is 0 Å². The number of aryl methyl sites for hydroxylation is 1. The fourth-order valence-corrected chi connectivity index (χ4v) is 1.39. The molecule has 90 valence electrons. The molecule has 0 amide bonds. The molecule has 0 radical (unpaired) electrons. The van der Waals surface area contributed by atoms with Gasteiger partial charge in [-0.25, -0.2) is 9.97 Å². The molecule has 0 aliphatic carbocycles. The molecular formula is C13H23N3. The number of aromatic nitrogens is 2. The molecule has 3 nitrogen and oxygen atoms in total. The van der Waals surface area contributed by atoms with Gasteiger partial charge in [0.2, 0.25) is 0 Å². The molecule has 0 fully saturated rings. The molecule has 1 N–H and O–H groups in total. The van der Waals surface area contributed by atoms with Gasteiger partial charge in [-0.3, -0.25) is 0 Å². The Balaban J connectivity index is 2.50. The second kappa shape index (κ2) is 6.46. The first-order valence-electron chi connectivity index (χ1n) is 6.18. The van der Waals surface area contributed by atoms with Crippen LogP contribution in [0.2, 0.25) is 0 Å². The van der Waals surface area contributed by atoms with Crippen LogP contribution in [0.3, 0.4) is 0 Å². The van der Waals surface area contributed by atoms with Gasteiger partial charge in [0.25, 0.3) is 0 Å². The Bertz CT molecular complexity index is 310. The normalized spacial score (nSPS) is 12.8. The number of hydrogen-bond donors (Lipinski definition) is 1. The number of nitrogens with zero attached hydrogens (tertiary/aromatic N) is 2. The van der Waals surface area contributed by atoms with Gasteiger partial charge in [0.05, 0.1) is 0 Å². The average molecular weight is 221 g/mol. The zero-order valence-corrected chi connectivity index (χ0v) is 10.8. The van der Waals surface area contributed by atoms with E-state index in [1.807, 2.05) is 0 Å². The molecule has 1 heterocycles.